The van der Waals surface area contributed by atoms with Crippen molar-refractivity contribution in [3.63, 3.8) is 0 Å². The molecule has 3 N–H and O–H groups in total. The summed E-state index contributed by atoms with van der Waals surface area (Å²) in [5.74, 6) is -0.0703. The molecule has 0 aliphatic rings. The van der Waals surface area contributed by atoms with Gasteiger partial charge < -0.3 is 11.1 Å². The molecule has 1 amide bonds. The van der Waals surface area contributed by atoms with Crippen LogP contribution in [0.1, 0.15) is 30.6 Å². The Kier molecular flexibility index (Phi) is 5.17. The summed E-state index contributed by atoms with van der Waals surface area (Å²) in [6.07, 6.45) is 2.58. The molecule has 0 spiro atoms. The van der Waals surface area contributed by atoms with E-state index >= 15 is 0 Å². The minimum Gasteiger partial charge on any atom is -0.397 e. The van der Waals surface area contributed by atoms with Gasteiger partial charge in [0.25, 0.3) is 0 Å². The Balaban J connectivity index is 2.01. The summed E-state index contributed by atoms with van der Waals surface area (Å²) in [6.45, 7) is 2.02. The van der Waals surface area contributed by atoms with Crippen LogP contribution in [0.3, 0.4) is 0 Å². The van der Waals surface area contributed by atoms with Gasteiger partial charge in [0, 0.05) is 10.7 Å². The number of nitrogens with two attached hydrogens (primary N) is 1. The van der Waals surface area contributed by atoms with E-state index < -0.39 is 0 Å². The molecule has 4 nitrogen and oxygen atoms in total. The van der Waals surface area contributed by atoms with E-state index in [0.29, 0.717) is 16.4 Å². The maximum atomic E-state index is 12.1. The number of benzene rings is 1. The van der Waals surface area contributed by atoms with Gasteiger partial charge in [-0.1, -0.05) is 30.7 Å². The highest BCUT2D eigenvalue weighted by atomic mass is 35.5. The maximum absolute atomic E-state index is 12.1. The summed E-state index contributed by atoms with van der Waals surface area (Å²) >= 11 is 5.99. The second-order valence-electron chi connectivity index (χ2n) is 4.84. The van der Waals surface area contributed by atoms with Gasteiger partial charge in [-0.2, -0.15) is 0 Å². The largest absolute Gasteiger partial charge is 0.397 e. The zero-order chi connectivity index (χ0) is 15.2. The second kappa shape index (κ2) is 7.09. The van der Waals surface area contributed by atoms with E-state index in [1.165, 1.54) is 0 Å². The molecule has 0 fully saturated rings. The van der Waals surface area contributed by atoms with Crippen molar-refractivity contribution in [3.05, 3.63) is 58.9 Å². The van der Waals surface area contributed by atoms with Crippen LogP contribution in [0.25, 0.3) is 0 Å². The highest BCUT2D eigenvalue weighted by Gasteiger charge is 2.13. The van der Waals surface area contributed by atoms with Crippen molar-refractivity contribution in [2.24, 2.45) is 0 Å². The lowest BCUT2D eigenvalue weighted by atomic mass is 10.0. The van der Waals surface area contributed by atoms with Crippen LogP contribution < -0.4 is 11.1 Å². The SMILES string of the molecule is CCC(NC(=O)Cc1ccc(N)cn1)c1cccc(Cl)c1. The highest BCUT2D eigenvalue weighted by molar-refractivity contribution is 6.30. The molecular weight excluding hydrogens is 286 g/mol. The number of nitrogen functional groups attached to an aromatic ring is 1. The van der Waals surface area contributed by atoms with E-state index in [0.717, 1.165) is 12.0 Å². The van der Waals surface area contributed by atoms with Gasteiger partial charge >= 0.3 is 0 Å². The highest BCUT2D eigenvalue weighted by Crippen LogP contribution is 2.20. The molecule has 2 aromatic rings. The van der Waals surface area contributed by atoms with E-state index in [-0.39, 0.29) is 18.4 Å². The molecule has 0 bridgehead atoms. The minimum atomic E-state index is -0.0703. The average Bonchev–Trinajstić information content (AvgIpc) is 2.47. The predicted octanol–water partition coefficient (Wildman–Crippen LogP) is 3.13. The van der Waals surface area contributed by atoms with Gasteiger partial charge in [0.05, 0.1) is 24.3 Å². The van der Waals surface area contributed by atoms with Crippen LogP contribution in [-0.4, -0.2) is 10.9 Å². The van der Waals surface area contributed by atoms with Crippen LogP contribution >= 0.6 is 11.6 Å². The van der Waals surface area contributed by atoms with Crippen LogP contribution in [0.5, 0.6) is 0 Å². The number of nitrogens with zero attached hydrogens (tertiary/aromatic N) is 1. The monoisotopic (exact) mass is 303 g/mol. The number of aromatic nitrogens is 1. The zero-order valence-corrected chi connectivity index (χ0v) is 12.6. The molecule has 1 aromatic heterocycles. The first-order chi connectivity index (χ1) is 10.1. The average molecular weight is 304 g/mol. The van der Waals surface area contributed by atoms with Crippen LogP contribution in [0.2, 0.25) is 5.02 Å². The van der Waals surface area contributed by atoms with Crippen molar-refractivity contribution >= 4 is 23.2 Å². The first kappa shape index (κ1) is 15.3. The van der Waals surface area contributed by atoms with Crippen molar-refractivity contribution in [1.82, 2.24) is 10.3 Å². The Hall–Kier alpha value is -2.07. The molecule has 0 aliphatic heterocycles. The van der Waals surface area contributed by atoms with Gasteiger partial charge in [0.2, 0.25) is 5.91 Å². The summed E-state index contributed by atoms with van der Waals surface area (Å²) in [5, 5.41) is 3.67. The molecule has 1 unspecified atom stereocenters. The number of hydrogen-bond donors (Lipinski definition) is 2. The van der Waals surface area contributed by atoms with Gasteiger partial charge in [-0.25, -0.2) is 0 Å². The molecule has 2 rings (SSSR count). The number of carbonyl (C=O) groups is 1. The van der Waals surface area contributed by atoms with Crippen LogP contribution in [0.4, 0.5) is 5.69 Å². The maximum Gasteiger partial charge on any atom is 0.226 e. The predicted molar refractivity (Wildman–Crippen MR) is 85.0 cm³/mol. The lowest BCUT2D eigenvalue weighted by Gasteiger charge is -2.17. The molecule has 1 atom stereocenters. The third kappa shape index (κ3) is 4.46. The van der Waals surface area contributed by atoms with E-state index in [2.05, 4.69) is 10.3 Å². The van der Waals surface area contributed by atoms with Gasteiger partial charge in [-0.15, -0.1) is 0 Å². The minimum absolute atomic E-state index is 0.0509. The first-order valence-corrected chi connectivity index (χ1v) is 7.21. The van der Waals surface area contributed by atoms with Gasteiger partial charge in [0.15, 0.2) is 0 Å². The smallest absolute Gasteiger partial charge is 0.226 e. The Labute approximate surface area is 129 Å². The molecular formula is C16H18ClN3O. The van der Waals surface area contributed by atoms with E-state index in [1.807, 2.05) is 31.2 Å². The number of rotatable bonds is 5. The summed E-state index contributed by atoms with van der Waals surface area (Å²) < 4.78 is 0. The summed E-state index contributed by atoms with van der Waals surface area (Å²) in [6, 6.07) is 11.0. The fourth-order valence-electron chi connectivity index (χ4n) is 2.09. The van der Waals surface area contributed by atoms with Crippen molar-refractivity contribution in [1.29, 1.82) is 0 Å². The van der Waals surface area contributed by atoms with Crippen molar-refractivity contribution in [2.45, 2.75) is 25.8 Å². The number of pyridine rings is 1. The van der Waals surface area contributed by atoms with Crippen LogP contribution in [0, 0.1) is 0 Å². The fourth-order valence-corrected chi connectivity index (χ4v) is 2.29. The Morgan fingerprint density at radius 3 is 2.81 bits per heavy atom. The summed E-state index contributed by atoms with van der Waals surface area (Å²) in [4.78, 5) is 16.2. The lowest BCUT2D eigenvalue weighted by molar-refractivity contribution is -0.121. The second-order valence-corrected chi connectivity index (χ2v) is 5.28. The van der Waals surface area contributed by atoms with Gasteiger partial charge in [-0.3, -0.25) is 9.78 Å². The quantitative estimate of drug-likeness (QED) is 0.891. The van der Waals surface area contributed by atoms with Crippen LogP contribution in [0.15, 0.2) is 42.6 Å². The summed E-state index contributed by atoms with van der Waals surface area (Å²) in [5.41, 5.74) is 7.86. The molecule has 0 radical (unpaired) electrons. The van der Waals surface area contributed by atoms with E-state index in [9.17, 15) is 4.79 Å². The molecule has 1 heterocycles. The fraction of sp³-hybridized carbons (Fsp3) is 0.250. The molecule has 1 aromatic carbocycles. The third-order valence-electron chi connectivity index (χ3n) is 3.18. The number of nitrogens with one attached hydrogen (secondary N) is 1. The molecule has 21 heavy (non-hydrogen) atoms. The number of carbonyl (C=O) groups excluding carboxylic acids is 1. The molecule has 5 heteroatoms. The third-order valence-corrected chi connectivity index (χ3v) is 3.42. The standard InChI is InChI=1S/C16H18ClN3O/c1-2-15(11-4-3-5-12(17)8-11)20-16(21)9-14-7-6-13(18)10-19-14/h3-8,10,15H,2,9,18H2,1H3,(H,20,21). The number of amides is 1. The van der Waals surface area contributed by atoms with E-state index in [4.69, 9.17) is 17.3 Å². The Morgan fingerprint density at radius 2 is 2.19 bits per heavy atom. The Morgan fingerprint density at radius 1 is 1.38 bits per heavy atom. The normalized spacial score (nSPS) is 11.9. The van der Waals surface area contributed by atoms with Crippen molar-refractivity contribution in [2.75, 3.05) is 5.73 Å². The van der Waals surface area contributed by atoms with Gasteiger partial charge in [0.1, 0.15) is 0 Å². The zero-order valence-electron chi connectivity index (χ0n) is 11.8. The number of halogens is 1. The molecule has 0 aliphatic carbocycles. The topological polar surface area (TPSA) is 68.0 Å². The summed E-state index contributed by atoms with van der Waals surface area (Å²) in [7, 11) is 0. The number of hydrogen-bond acceptors (Lipinski definition) is 3. The molecule has 0 saturated heterocycles. The molecule has 0 saturated carbocycles. The number of anilines is 1. The molecule has 110 valence electrons. The van der Waals surface area contributed by atoms with Gasteiger partial charge in [-0.05, 0) is 36.2 Å². The van der Waals surface area contributed by atoms with Crippen molar-refractivity contribution in [3.8, 4) is 0 Å². The Bertz CT molecular complexity index is 613. The van der Waals surface area contributed by atoms with Crippen LogP contribution in [-0.2, 0) is 11.2 Å². The lowest BCUT2D eigenvalue weighted by Crippen LogP contribution is -2.29. The van der Waals surface area contributed by atoms with E-state index in [1.54, 1.807) is 18.3 Å². The first-order valence-electron chi connectivity index (χ1n) is 6.83. The van der Waals surface area contributed by atoms with Crippen molar-refractivity contribution < 1.29 is 4.79 Å².